The van der Waals surface area contributed by atoms with Gasteiger partial charge in [0.2, 0.25) is 0 Å². The van der Waals surface area contributed by atoms with Crippen molar-refractivity contribution in [3.8, 4) is 0 Å². The van der Waals surface area contributed by atoms with Gasteiger partial charge < -0.3 is 13.9 Å². The molecule has 122 valence electrons. The molecule has 0 saturated carbocycles. The third-order valence-corrected chi connectivity index (χ3v) is 9.25. The molecule has 2 atom stereocenters. The molecule has 1 fully saturated rings. The number of esters is 1. The average molecular weight is 333 g/mol. The summed E-state index contributed by atoms with van der Waals surface area (Å²) < 4.78 is 16.8. The molecule has 0 aromatic heterocycles. The lowest BCUT2D eigenvalue weighted by Gasteiger charge is -2.36. The summed E-state index contributed by atoms with van der Waals surface area (Å²) in [6.07, 6.45) is 1.02. The zero-order valence-electron chi connectivity index (χ0n) is 14.0. The topological polar surface area (TPSA) is 44.8 Å². The Morgan fingerprint density at radius 2 is 2.05 bits per heavy atom. The fourth-order valence-corrected chi connectivity index (χ4v) is 3.28. The van der Waals surface area contributed by atoms with Crippen molar-refractivity contribution in [2.45, 2.75) is 64.8 Å². The van der Waals surface area contributed by atoms with Crippen molar-refractivity contribution in [1.29, 1.82) is 0 Å². The van der Waals surface area contributed by atoms with E-state index in [4.69, 9.17) is 26.1 Å². The van der Waals surface area contributed by atoms with E-state index in [2.05, 4.69) is 33.9 Å². The summed E-state index contributed by atoms with van der Waals surface area (Å²) in [6.45, 7) is 13.8. The van der Waals surface area contributed by atoms with Crippen molar-refractivity contribution in [3.05, 3.63) is 0 Å². The van der Waals surface area contributed by atoms with Gasteiger partial charge in [0.1, 0.15) is 6.10 Å². The molecule has 0 radical (unpaired) electrons. The summed E-state index contributed by atoms with van der Waals surface area (Å²) >= 11 is 5.23. The third-order valence-electron chi connectivity index (χ3n) is 4.32. The van der Waals surface area contributed by atoms with E-state index < -0.39 is 8.32 Å². The Balaban J connectivity index is 2.47. The molecular weight excluding hydrogens is 304 g/mol. The van der Waals surface area contributed by atoms with Crippen LogP contribution in [0.3, 0.4) is 0 Å². The van der Waals surface area contributed by atoms with Crippen molar-refractivity contribution < 1.29 is 18.7 Å². The molecule has 1 aliphatic rings. The Labute approximate surface area is 134 Å². The van der Waals surface area contributed by atoms with Crippen LogP contribution >= 0.6 is 12.2 Å². The van der Waals surface area contributed by atoms with Crippen LogP contribution in [0.5, 0.6) is 0 Å². The molecule has 0 aromatic carbocycles. The molecule has 0 aliphatic carbocycles. The zero-order valence-corrected chi connectivity index (χ0v) is 15.8. The second kappa shape index (κ2) is 7.20. The lowest BCUT2D eigenvalue weighted by atomic mass is 10.0. The molecule has 6 heteroatoms. The van der Waals surface area contributed by atoms with Gasteiger partial charge in [0.05, 0.1) is 19.6 Å². The van der Waals surface area contributed by atoms with Crippen LogP contribution in [0.2, 0.25) is 18.1 Å². The minimum absolute atomic E-state index is 0.0212. The summed E-state index contributed by atoms with van der Waals surface area (Å²) in [7, 11) is -1.78. The standard InChI is InChI=1S/C15H28O4SSi/c1-7-17-13(16)9-11-8-12(19-14(11)20)10-18-21(5,6)15(2,3)4/h11-12H,7-10H2,1-6H3/t11?,12-/m0/s1. The Bertz CT molecular complexity index is 390. The molecule has 1 unspecified atom stereocenters. The van der Waals surface area contributed by atoms with Gasteiger partial charge in [-0.05, 0) is 43.7 Å². The molecule has 0 aromatic rings. The van der Waals surface area contributed by atoms with E-state index in [9.17, 15) is 4.79 Å². The maximum absolute atomic E-state index is 11.5. The van der Waals surface area contributed by atoms with Crippen molar-refractivity contribution in [3.63, 3.8) is 0 Å². The first-order valence-corrected chi connectivity index (χ1v) is 10.9. The van der Waals surface area contributed by atoms with Crippen LogP contribution in [-0.4, -0.2) is 38.7 Å². The monoisotopic (exact) mass is 332 g/mol. The summed E-state index contributed by atoms with van der Waals surface area (Å²) in [5, 5.41) is 0.697. The van der Waals surface area contributed by atoms with E-state index in [1.165, 1.54) is 0 Å². The first-order valence-electron chi connectivity index (χ1n) is 7.57. The van der Waals surface area contributed by atoms with Crippen molar-refractivity contribution >= 4 is 31.6 Å². The normalized spacial score (nSPS) is 23.0. The molecule has 1 aliphatic heterocycles. The molecule has 0 bridgehead atoms. The van der Waals surface area contributed by atoms with E-state index in [0.717, 1.165) is 6.42 Å². The number of ether oxygens (including phenoxy) is 2. The van der Waals surface area contributed by atoms with Crippen LogP contribution in [0.1, 0.15) is 40.5 Å². The van der Waals surface area contributed by atoms with Crippen LogP contribution in [-0.2, 0) is 18.7 Å². The molecular formula is C15H28O4SSi. The van der Waals surface area contributed by atoms with Gasteiger partial charge >= 0.3 is 5.97 Å². The Kier molecular flexibility index (Phi) is 6.37. The van der Waals surface area contributed by atoms with E-state index in [1.54, 1.807) is 6.92 Å². The minimum atomic E-state index is -1.78. The summed E-state index contributed by atoms with van der Waals surface area (Å²) in [4.78, 5) is 11.5. The highest BCUT2D eigenvalue weighted by Gasteiger charge is 2.39. The third kappa shape index (κ3) is 5.34. The number of hydrogen-bond acceptors (Lipinski definition) is 5. The van der Waals surface area contributed by atoms with Crippen LogP contribution in [0.4, 0.5) is 0 Å². The van der Waals surface area contributed by atoms with E-state index in [1.807, 2.05) is 0 Å². The highest BCUT2D eigenvalue weighted by atomic mass is 32.1. The molecule has 1 heterocycles. The maximum atomic E-state index is 11.5. The fraction of sp³-hybridized carbons (Fsp3) is 0.867. The number of carbonyl (C=O) groups is 1. The Morgan fingerprint density at radius 3 is 2.57 bits per heavy atom. The Hall–Kier alpha value is -0.463. The summed E-state index contributed by atoms with van der Waals surface area (Å²) in [6, 6.07) is 0. The SMILES string of the molecule is CCOC(=O)CC1C[C@@H](CO[Si](C)(C)C(C)(C)C)OC1=S. The molecule has 1 rings (SSSR count). The lowest BCUT2D eigenvalue weighted by molar-refractivity contribution is -0.143. The smallest absolute Gasteiger partial charge is 0.306 e. The van der Waals surface area contributed by atoms with Gasteiger partial charge in [-0.3, -0.25) is 4.79 Å². The van der Waals surface area contributed by atoms with Gasteiger partial charge in [-0.15, -0.1) is 0 Å². The van der Waals surface area contributed by atoms with Crippen molar-refractivity contribution in [2.24, 2.45) is 5.92 Å². The van der Waals surface area contributed by atoms with E-state index >= 15 is 0 Å². The highest BCUT2D eigenvalue weighted by Crippen LogP contribution is 2.37. The number of thiocarbonyl (C=S) groups is 1. The van der Waals surface area contributed by atoms with Crippen LogP contribution in [0.25, 0.3) is 0 Å². The van der Waals surface area contributed by atoms with Gasteiger partial charge in [-0.1, -0.05) is 20.8 Å². The minimum Gasteiger partial charge on any atom is -0.481 e. The van der Waals surface area contributed by atoms with Gasteiger partial charge in [-0.25, -0.2) is 0 Å². The molecule has 0 spiro atoms. The van der Waals surface area contributed by atoms with E-state index in [0.29, 0.717) is 24.7 Å². The number of carbonyl (C=O) groups excluding carboxylic acids is 1. The Morgan fingerprint density at radius 1 is 1.43 bits per heavy atom. The molecule has 0 N–H and O–H groups in total. The second-order valence-electron chi connectivity index (χ2n) is 7.07. The van der Waals surface area contributed by atoms with Crippen molar-refractivity contribution in [1.82, 2.24) is 0 Å². The van der Waals surface area contributed by atoms with Gasteiger partial charge in [0, 0.05) is 5.92 Å². The summed E-state index contributed by atoms with van der Waals surface area (Å²) in [5.41, 5.74) is 0. The zero-order chi connectivity index (χ0) is 16.3. The number of hydrogen-bond donors (Lipinski definition) is 0. The van der Waals surface area contributed by atoms with Crippen LogP contribution in [0.15, 0.2) is 0 Å². The van der Waals surface area contributed by atoms with Gasteiger partial charge in [-0.2, -0.15) is 0 Å². The predicted molar refractivity (Wildman–Crippen MR) is 90.0 cm³/mol. The first kappa shape index (κ1) is 18.6. The first-order chi connectivity index (χ1) is 9.56. The predicted octanol–water partition coefficient (Wildman–Crippen LogP) is 3.69. The van der Waals surface area contributed by atoms with Crippen LogP contribution in [0, 0.1) is 5.92 Å². The lowest BCUT2D eigenvalue weighted by Crippen LogP contribution is -2.42. The fourth-order valence-electron chi connectivity index (χ4n) is 1.93. The van der Waals surface area contributed by atoms with Crippen molar-refractivity contribution in [2.75, 3.05) is 13.2 Å². The number of rotatable bonds is 6. The molecule has 1 saturated heterocycles. The average Bonchev–Trinajstić information content (AvgIpc) is 2.66. The van der Waals surface area contributed by atoms with Crippen LogP contribution < -0.4 is 0 Å². The largest absolute Gasteiger partial charge is 0.481 e. The highest BCUT2D eigenvalue weighted by molar-refractivity contribution is 7.80. The molecule has 21 heavy (non-hydrogen) atoms. The summed E-state index contributed by atoms with van der Waals surface area (Å²) in [5.74, 6) is -0.230. The molecule has 4 nitrogen and oxygen atoms in total. The quantitative estimate of drug-likeness (QED) is 0.422. The maximum Gasteiger partial charge on any atom is 0.306 e. The van der Waals surface area contributed by atoms with Gasteiger partial charge in [0.15, 0.2) is 13.4 Å². The second-order valence-corrected chi connectivity index (χ2v) is 12.3. The van der Waals surface area contributed by atoms with E-state index in [-0.39, 0.29) is 23.0 Å². The molecule has 0 amide bonds. The van der Waals surface area contributed by atoms with Gasteiger partial charge in [0.25, 0.3) is 0 Å².